The number of hydrogen-bond acceptors (Lipinski definition) is 4. The van der Waals surface area contributed by atoms with Crippen LogP contribution in [0.3, 0.4) is 0 Å². The molecule has 19 heavy (non-hydrogen) atoms. The highest BCUT2D eigenvalue weighted by Crippen LogP contribution is 2.27. The molecule has 100 valence electrons. The molecule has 0 bridgehead atoms. The van der Waals surface area contributed by atoms with Gasteiger partial charge in [-0.3, -0.25) is 0 Å². The highest BCUT2D eigenvalue weighted by Gasteiger charge is 2.07. The predicted molar refractivity (Wildman–Crippen MR) is 71.9 cm³/mol. The molecule has 0 aliphatic heterocycles. The van der Waals surface area contributed by atoms with Gasteiger partial charge in [0.15, 0.2) is 5.84 Å². The summed E-state index contributed by atoms with van der Waals surface area (Å²) in [7, 11) is 0. The summed E-state index contributed by atoms with van der Waals surface area (Å²) >= 11 is 1.54. The maximum absolute atomic E-state index is 13.4. The first-order valence-electron chi connectivity index (χ1n) is 5.54. The van der Waals surface area contributed by atoms with Crippen LogP contribution in [0.25, 0.3) is 0 Å². The first-order chi connectivity index (χ1) is 9.10. The molecule has 0 saturated heterocycles. The minimum Gasteiger partial charge on any atom is -0.468 e. The van der Waals surface area contributed by atoms with Crippen molar-refractivity contribution in [2.75, 3.05) is 0 Å². The van der Waals surface area contributed by atoms with Crippen LogP contribution in [-0.2, 0) is 5.75 Å². The molecule has 3 N–H and O–H groups in total. The van der Waals surface area contributed by atoms with E-state index < -0.39 is 5.82 Å². The normalized spacial score (nSPS) is 11.8. The highest BCUT2D eigenvalue weighted by molar-refractivity contribution is 7.98. The molecule has 0 saturated carbocycles. The van der Waals surface area contributed by atoms with E-state index in [-0.39, 0.29) is 5.84 Å². The summed E-state index contributed by atoms with van der Waals surface area (Å²) < 4.78 is 18.6. The Hall–Kier alpha value is -1.95. The van der Waals surface area contributed by atoms with Crippen molar-refractivity contribution in [1.82, 2.24) is 0 Å². The molecule has 4 nitrogen and oxygen atoms in total. The Morgan fingerprint density at radius 3 is 2.89 bits per heavy atom. The van der Waals surface area contributed by atoms with Crippen molar-refractivity contribution >= 4 is 17.6 Å². The Bertz CT molecular complexity index is 610. The summed E-state index contributed by atoms with van der Waals surface area (Å²) in [6.45, 7) is 1.87. The predicted octanol–water partition coefficient (Wildman–Crippen LogP) is 3.11. The fourth-order valence-electron chi connectivity index (χ4n) is 1.62. The number of rotatable bonds is 4. The Balaban J connectivity index is 2.17. The van der Waals surface area contributed by atoms with Crippen LogP contribution >= 0.6 is 11.8 Å². The smallest absolute Gasteiger partial charge is 0.170 e. The number of hydrogen-bond donors (Lipinski definition) is 2. The van der Waals surface area contributed by atoms with Crippen LogP contribution in [0, 0.1) is 12.7 Å². The molecule has 0 unspecified atom stereocenters. The molecule has 6 heteroatoms. The Morgan fingerprint density at radius 1 is 1.47 bits per heavy atom. The molecule has 0 aliphatic rings. The number of oxime groups is 1. The summed E-state index contributed by atoms with van der Waals surface area (Å²) in [5.74, 6) is 0.885. The molecule has 0 fully saturated rings. The lowest BCUT2D eigenvalue weighted by atomic mass is 10.1. The van der Waals surface area contributed by atoms with Crippen molar-refractivity contribution < 1.29 is 14.0 Å². The standard InChI is InChI=1S/C13H13FN2O2S/c1-8-12(2-3-18-8)19-7-9-4-10(13(15)16-17)6-11(14)5-9/h2-6,17H,7H2,1H3,(H2,15,16). The van der Waals surface area contributed by atoms with E-state index in [2.05, 4.69) is 5.16 Å². The number of furan rings is 1. The fourth-order valence-corrected chi connectivity index (χ4v) is 2.52. The summed E-state index contributed by atoms with van der Waals surface area (Å²) in [5.41, 5.74) is 6.58. The summed E-state index contributed by atoms with van der Waals surface area (Å²) in [5, 5.41) is 11.5. The third-order valence-corrected chi connectivity index (χ3v) is 3.78. The molecule has 0 atom stereocenters. The third kappa shape index (κ3) is 3.29. The second-order valence-corrected chi connectivity index (χ2v) is 4.98. The van der Waals surface area contributed by atoms with Gasteiger partial charge >= 0.3 is 0 Å². The average Bonchev–Trinajstić information content (AvgIpc) is 2.80. The zero-order valence-corrected chi connectivity index (χ0v) is 11.1. The second kappa shape index (κ2) is 5.79. The molecule has 1 aromatic carbocycles. The molecule has 0 aliphatic carbocycles. The number of amidine groups is 1. The topological polar surface area (TPSA) is 71.8 Å². The SMILES string of the molecule is Cc1occc1SCc1cc(F)cc(/C(N)=N/O)c1. The number of benzene rings is 1. The zero-order valence-electron chi connectivity index (χ0n) is 10.3. The molecular formula is C13H13FN2O2S. The van der Waals surface area contributed by atoms with Crippen molar-refractivity contribution in [3.63, 3.8) is 0 Å². The van der Waals surface area contributed by atoms with Gasteiger partial charge in [-0.2, -0.15) is 0 Å². The van der Waals surface area contributed by atoms with Crippen molar-refractivity contribution in [2.45, 2.75) is 17.6 Å². The average molecular weight is 280 g/mol. The number of nitrogens with two attached hydrogens (primary N) is 1. The van der Waals surface area contributed by atoms with Gasteiger partial charge < -0.3 is 15.4 Å². The molecule has 2 aromatic rings. The Morgan fingerprint density at radius 2 is 2.26 bits per heavy atom. The van der Waals surface area contributed by atoms with Crippen molar-refractivity contribution in [1.29, 1.82) is 0 Å². The van der Waals surface area contributed by atoms with E-state index >= 15 is 0 Å². The molecule has 0 amide bonds. The quantitative estimate of drug-likeness (QED) is 0.297. The Kier molecular flexibility index (Phi) is 4.11. The maximum Gasteiger partial charge on any atom is 0.170 e. The second-order valence-electron chi connectivity index (χ2n) is 3.96. The summed E-state index contributed by atoms with van der Waals surface area (Å²) in [4.78, 5) is 1.01. The minimum absolute atomic E-state index is 0.106. The Labute approximate surface area is 114 Å². The highest BCUT2D eigenvalue weighted by atomic mass is 32.2. The molecule has 1 heterocycles. The number of nitrogens with zero attached hydrogens (tertiary/aromatic N) is 1. The van der Waals surface area contributed by atoms with E-state index in [0.717, 1.165) is 16.2 Å². The van der Waals surface area contributed by atoms with E-state index in [0.29, 0.717) is 11.3 Å². The lowest BCUT2D eigenvalue weighted by Crippen LogP contribution is -2.13. The van der Waals surface area contributed by atoms with Gasteiger partial charge in [-0.25, -0.2) is 4.39 Å². The molecule has 0 spiro atoms. The van der Waals surface area contributed by atoms with Crippen molar-refractivity contribution in [3.8, 4) is 0 Å². The van der Waals surface area contributed by atoms with Crippen LogP contribution < -0.4 is 5.73 Å². The third-order valence-electron chi connectivity index (χ3n) is 2.57. The lowest BCUT2D eigenvalue weighted by molar-refractivity contribution is 0.318. The van der Waals surface area contributed by atoms with Crippen LogP contribution in [0.2, 0.25) is 0 Å². The minimum atomic E-state index is -0.413. The summed E-state index contributed by atoms with van der Waals surface area (Å²) in [6, 6.07) is 6.22. The van der Waals surface area contributed by atoms with Crippen LogP contribution in [0.4, 0.5) is 4.39 Å². The monoisotopic (exact) mass is 280 g/mol. The molecule has 2 rings (SSSR count). The molecule has 0 radical (unpaired) electrons. The van der Waals surface area contributed by atoms with Gasteiger partial charge in [0, 0.05) is 16.2 Å². The maximum atomic E-state index is 13.4. The van der Waals surface area contributed by atoms with Gasteiger partial charge in [0.05, 0.1) is 6.26 Å². The van der Waals surface area contributed by atoms with Crippen LogP contribution in [-0.4, -0.2) is 11.0 Å². The van der Waals surface area contributed by atoms with E-state index in [4.69, 9.17) is 15.4 Å². The number of aryl methyl sites for hydroxylation is 1. The van der Waals surface area contributed by atoms with E-state index in [1.54, 1.807) is 12.3 Å². The van der Waals surface area contributed by atoms with Crippen molar-refractivity contribution in [2.24, 2.45) is 10.9 Å². The summed E-state index contributed by atoms with van der Waals surface area (Å²) in [6.07, 6.45) is 1.62. The number of halogens is 1. The fraction of sp³-hybridized carbons (Fsp3) is 0.154. The van der Waals surface area contributed by atoms with E-state index in [9.17, 15) is 4.39 Å². The first-order valence-corrected chi connectivity index (χ1v) is 6.53. The van der Waals surface area contributed by atoms with Gasteiger partial charge in [0.1, 0.15) is 11.6 Å². The first kappa shape index (κ1) is 13.5. The lowest BCUT2D eigenvalue weighted by Gasteiger charge is -2.05. The molecular weight excluding hydrogens is 267 g/mol. The van der Waals surface area contributed by atoms with Crippen molar-refractivity contribution in [3.05, 3.63) is 53.2 Å². The largest absolute Gasteiger partial charge is 0.468 e. The van der Waals surface area contributed by atoms with E-state index in [1.165, 1.54) is 23.9 Å². The van der Waals surface area contributed by atoms with E-state index in [1.807, 2.05) is 13.0 Å². The zero-order chi connectivity index (χ0) is 13.8. The van der Waals surface area contributed by atoms with Crippen LogP contribution in [0.1, 0.15) is 16.9 Å². The van der Waals surface area contributed by atoms with Gasteiger partial charge in [0.2, 0.25) is 0 Å². The van der Waals surface area contributed by atoms with Crippen LogP contribution in [0.15, 0.2) is 45.0 Å². The number of thioether (sulfide) groups is 1. The van der Waals surface area contributed by atoms with Crippen LogP contribution in [0.5, 0.6) is 0 Å². The van der Waals surface area contributed by atoms with Gasteiger partial charge in [0.25, 0.3) is 0 Å². The van der Waals surface area contributed by atoms with Gasteiger partial charge in [-0.1, -0.05) is 5.16 Å². The van der Waals surface area contributed by atoms with Gasteiger partial charge in [-0.05, 0) is 36.8 Å². The van der Waals surface area contributed by atoms with Gasteiger partial charge in [-0.15, -0.1) is 11.8 Å². The molecule has 1 aromatic heterocycles.